The van der Waals surface area contributed by atoms with Crippen molar-refractivity contribution < 1.29 is 9.59 Å². The minimum atomic E-state index is -0.0352. The second-order valence-corrected chi connectivity index (χ2v) is 14.7. The molecular weight excluding hydrogens is 641 g/mol. The molecule has 0 bridgehead atoms. The topological polar surface area (TPSA) is 96.9 Å². The van der Waals surface area contributed by atoms with Crippen LogP contribution >= 0.6 is 22.7 Å². The maximum absolute atomic E-state index is 13.0. The second-order valence-electron chi connectivity index (χ2n) is 12.7. The summed E-state index contributed by atoms with van der Waals surface area (Å²) in [4.78, 5) is 44.0. The fraction of sp³-hybridized carbons (Fsp3) is 0.389. The first kappa shape index (κ1) is 32.1. The van der Waals surface area contributed by atoms with Crippen molar-refractivity contribution in [3.05, 3.63) is 83.9 Å². The van der Waals surface area contributed by atoms with Gasteiger partial charge in [0.1, 0.15) is 0 Å². The van der Waals surface area contributed by atoms with Gasteiger partial charge in [-0.2, -0.15) is 0 Å². The number of aromatic nitrogens is 2. The highest BCUT2D eigenvalue weighted by Crippen LogP contribution is 2.32. The number of likely N-dealkylation sites (tertiary alicyclic amines) is 2. The van der Waals surface area contributed by atoms with Crippen LogP contribution < -0.4 is 20.4 Å². The van der Waals surface area contributed by atoms with Crippen LogP contribution in [0.1, 0.15) is 36.8 Å². The smallest absolute Gasteiger partial charge is 0.317 e. The Morgan fingerprint density at radius 3 is 1.50 bits per heavy atom. The molecule has 5 aromatic rings. The molecule has 4 amide bonds. The number of urea groups is 2. The molecule has 0 spiro atoms. The molecule has 2 aromatic heterocycles. The van der Waals surface area contributed by atoms with Crippen molar-refractivity contribution in [2.45, 2.75) is 50.9 Å². The number of hydrogen-bond donors (Lipinski definition) is 2. The van der Waals surface area contributed by atoms with Crippen LogP contribution in [0.15, 0.2) is 72.8 Å². The van der Waals surface area contributed by atoms with Crippen molar-refractivity contribution in [3.63, 3.8) is 0 Å². The molecule has 2 fully saturated rings. The summed E-state index contributed by atoms with van der Waals surface area (Å²) in [5.41, 5.74) is 4.10. The highest BCUT2D eigenvalue weighted by Gasteiger charge is 2.28. The number of nitrogens with one attached hydrogen (secondary N) is 2. The molecule has 2 saturated heterocycles. The molecule has 250 valence electrons. The number of benzene rings is 3. The van der Waals surface area contributed by atoms with Gasteiger partial charge >= 0.3 is 12.1 Å². The van der Waals surface area contributed by atoms with Crippen molar-refractivity contribution >= 4 is 65.4 Å². The molecule has 3 aromatic carbocycles. The third-order valence-electron chi connectivity index (χ3n) is 9.65. The average molecular weight is 683 g/mol. The number of rotatable bonds is 8. The van der Waals surface area contributed by atoms with Crippen molar-refractivity contribution in [1.82, 2.24) is 30.4 Å². The number of para-hydroxylation sites is 2. The van der Waals surface area contributed by atoms with Crippen LogP contribution in [0.3, 0.4) is 0 Å². The van der Waals surface area contributed by atoms with Crippen molar-refractivity contribution in [2.24, 2.45) is 0 Å². The number of fused-ring (bicyclic) bond motifs is 2. The summed E-state index contributed by atoms with van der Waals surface area (Å²) in [7, 11) is 4.22. The first-order chi connectivity index (χ1) is 23.4. The van der Waals surface area contributed by atoms with E-state index in [1.54, 1.807) is 22.7 Å². The monoisotopic (exact) mass is 682 g/mol. The van der Waals surface area contributed by atoms with Gasteiger partial charge in [-0.25, -0.2) is 19.6 Å². The molecule has 0 atom stereocenters. The summed E-state index contributed by atoms with van der Waals surface area (Å²) < 4.78 is 2.40. The lowest BCUT2D eigenvalue weighted by Crippen LogP contribution is -2.48. The Morgan fingerprint density at radius 2 is 1.08 bits per heavy atom. The Morgan fingerprint density at radius 1 is 0.667 bits per heavy atom. The van der Waals surface area contributed by atoms with Gasteiger partial charge in [0, 0.05) is 65.4 Å². The Kier molecular flexibility index (Phi) is 9.62. The van der Waals surface area contributed by atoms with Crippen LogP contribution in [0.25, 0.3) is 20.4 Å². The van der Waals surface area contributed by atoms with Gasteiger partial charge in [0.25, 0.3) is 0 Å². The van der Waals surface area contributed by atoms with Crippen molar-refractivity contribution in [3.8, 4) is 0 Å². The van der Waals surface area contributed by atoms with Gasteiger partial charge in [-0.3, -0.25) is 0 Å². The largest absolute Gasteiger partial charge is 0.348 e. The van der Waals surface area contributed by atoms with Crippen molar-refractivity contribution in [1.29, 1.82) is 0 Å². The zero-order valence-corrected chi connectivity index (χ0v) is 29.1. The average Bonchev–Trinajstić information content (AvgIpc) is 3.78. The van der Waals surface area contributed by atoms with Gasteiger partial charge in [-0.15, -0.1) is 0 Å². The maximum Gasteiger partial charge on any atom is 0.317 e. The summed E-state index contributed by atoms with van der Waals surface area (Å²) >= 11 is 3.44. The van der Waals surface area contributed by atoms with Gasteiger partial charge in [0.05, 0.1) is 20.4 Å². The molecule has 48 heavy (non-hydrogen) atoms. The van der Waals surface area contributed by atoms with Gasteiger partial charge in [-0.1, -0.05) is 71.2 Å². The van der Waals surface area contributed by atoms with Gasteiger partial charge in [-0.05, 0) is 61.1 Å². The Hall–Kier alpha value is -4.42. The summed E-state index contributed by atoms with van der Waals surface area (Å²) in [6.07, 6.45) is 3.64. The lowest BCUT2D eigenvalue weighted by atomic mass is 10.0. The molecule has 0 unspecified atom stereocenters. The summed E-state index contributed by atoms with van der Waals surface area (Å²) in [5.74, 6) is 0. The molecular formula is C36H42N8O2S2. The lowest BCUT2D eigenvalue weighted by molar-refractivity contribution is 0.180. The molecule has 10 nitrogen and oxygen atoms in total. The molecule has 7 rings (SSSR count). The Labute approximate surface area is 289 Å². The number of piperidine rings is 2. The molecule has 0 radical (unpaired) electrons. The molecule has 0 aliphatic carbocycles. The van der Waals surface area contributed by atoms with Crippen LogP contribution in [-0.4, -0.2) is 84.2 Å². The van der Waals surface area contributed by atoms with E-state index in [4.69, 9.17) is 9.97 Å². The predicted molar refractivity (Wildman–Crippen MR) is 196 cm³/mol. The first-order valence-electron chi connectivity index (χ1n) is 16.7. The fourth-order valence-corrected chi connectivity index (χ4v) is 8.67. The normalized spacial score (nSPS) is 16.0. The number of carbonyl (C=O) groups is 2. The van der Waals surface area contributed by atoms with Crippen LogP contribution in [0, 0.1) is 0 Å². The highest BCUT2D eigenvalue weighted by molar-refractivity contribution is 7.22. The molecule has 0 saturated carbocycles. The van der Waals surface area contributed by atoms with E-state index in [0.717, 1.165) is 58.1 Å². The van der Waals surface area contributed by atoms with E-state index in [1.165, 1.54) is 9.40 Å². The number of carbonyl (C=O) groups excluding carboxylic acids is 2. The third-order valence-corrected chi connectivity index (χ3v) is 11.9. The minimum Gasteiger partial charge on any atom is -0.348 e. The van der Waals surface area contributed by atoms with Crippen LogP contribution in [-0.2, 0) is 13.1 Å². The fourth-order valence-electron chi connectivity index (χ4n) is 6.68. The second kappa shape index (κ2) is 14.4. The number of nitrogens with zero attached hydrogens (tertiary/aromatic N) is 6. The number of anilines is 2. The van der Waals surface area contributed by atoms with E-state index >= 15 is 0 Å². The standard InChI is InChI=1S/C36H42N8O2S2/c1-41(35-39-29-10-3-5-12-31(29)47-35)27-14-18-43(19-15-27)33(45)37-23-25-8-7-9-26(22-25)24-38-34(46)44-20-16-28(17-21-44)42(2)36-40-30-11-4-6-13-32(30)48-36/h3-13,22,27-28H,14-21,23-24H2,1-2H3,(H,37,45)(H,38,46). The van der Waals surface area contributed by atoms with E-state index in [-0.39, 0.29) is 12.1 Å². The summed E-state index contributed by atoms with van der Waals surface area (Å²) in [6.45, 7) is 3.75. The number of thiazole rings is 2. The van der Waals surface area contributed by atoms with Crippen molar-refractivity contribution in [2.75, 3.05) is 50.1 Å². The van der Waals surface area contributed by atoms with Gasteiger partial charge in [0.15, 0.2) is 10.3 Å². The SMILES string of the molecule is CN(c1nc2ccccc2s1)C1CCN(C(=O)NCc2cccc(CNC(=O)N3CCC(N(C)c4nc5ccccc5s4)CC3)c2)CC1. The molecule has 4 heterocycles. The number of amides is 4. The summed E-state index contributed by atoms with van der Waals surface area (Å²) in [6, 6.07) is 25.2. The van der Waals surface area contributed by atoms with E-state index in [0.29, 0.717) is 51.4 Å². The van der Waals surface area contributed by atoms with Crippen LogP contribution in [0.2, 0.25) is 0 Å². The quantitative estimate of drug-likeness (QED) is 0.193. The van der Waals surface area contributed by atoms with E-state index in [1.807, 2.05) is 52.3 Å². The van der Waals surface area contributed by atoms with Gasteiger partial charge in [0.2, 0.25) is 0 Å². The molecule has 12 heteroatoms. The third kappa shape index (κ3) is 7.19. The van der Waals surface area contributed by atoms with Gasteiger partial charge < -0.3 is 30.2 Å². The van der Waals surface area contributed by atoms with E-state index in [9.17, 15) is 9.59 Å². The molecule has 2 N–H and O–H groups in total. The van der Waals surface area contributed by atoms with E-state index in [2.05, 4.69) is 64.9 Å². The van der Waals surface area contributed by atoms with Crippen LogP contribution in [0.4, 0.5) is 19.9 Å². The predicted octanol–water partition coefficient (Wildman–Crippen LogP) is 6.53. The maximum atomic E-state index is 13.0. The first-order valence-corrected chi connectivity index (χ1v) is 18.3. The lowest BCUT2D eigenvalue weighted by Gasteiger charge is -2.36. The van der Waals surface area contributed by atoms with Crippen LogP contribution in [0.5, 0.6) is 0 Å². The van der Waals surface area contributed by atoms with E-state index < -0.39 is 0 Å². The highest BCUT2D eigenvalue weighted by atomic mass is 32.1. The summed E-state index contributed by atoms with van der Waals surface area (Å²) in [5, 5.41) is 8.26. The number of hydrogen-bond acceptors (Lipinski definition) is 8. The molecule has 2 aliphatic heterocycles. The zero-order valence-electron chi connectivity index (χ0n) is 27.5. The Balaban J connectivity index is 0.831. The zero-order chi connectivity index (χ0) is 33.0. The Bertz CT molecular complexity index is 1680. The molecule has 2 aliphatic rings. The minimum absolute atomic E-state index is 0.0352.